The number of carbonyl (C=O) groups is 1. The van der Waals surface area contributed by atoms with Crippen molar-refractivity contribution in [1.82, 2.24) is 10.2 Å². The molecule has 0 saturated heterocycles. The highest BCUT2D eigenvalue weighted by atomic mass is 32.2. The summed E-state index contributed by atoms with van der Waals surface area (Å²) in [4.78, 5) is 11.6. The molecule has 0 unspecified atom stereocenters. The van der Waals surface area contributed by atoms with E-state index in [0.717, 1.165) is 16.2 Å². The van der Waals surface area contributed by atoms with Gasteiger partial charge in [-0.25, -0.2) is 4.79 Å². The summed E-state index contributed by atoms with van der Waals surface area (Å²) in [6.45, 7) is 2.14. The molecule has 1 heterocycles. The van der Waals surface area contributed by atoms with Gasteiger partial charge >= 0.3 is 6.09 Å². The van der Waals surface area contributed by atoms with Crippen molar-refractivity contribution in [3.05, 3.63) is 47.5 Å². The number of nitrogens with one attached hydrogen (secondary N) is 1. The van der Waals surface area contributed by atoms with Crippen LogP contribution in [-0.2, 0) is 11.3 Å². The SMILES string of the molecule is CSc1nnc(NC(=O)OCc2ccccc2)cc1C. The maximum atomic E-state index is 11.6. The number of aromatic nitrogens is 2. The highest BCUT2D eigenvalue weighted by Crippen LogP contribution is 2.17. The number of nitrogens with zero attached hydrogens (tertiary/aromatic N) is 2. The van der Waals surface area contributed by atoms with Gasteiger partial charge in [0.25, 0.3) is 0 Å². The standard InChI is InChI=1S/C14H15N3O2S/c1-10-8-12(16-17-13(10)20-2)15-14(18)19-9-11-6-4-3-5-7-11/h3-8H,9H2,1-2H3,(H,15,16,18). The number of anilines is 1. The lowest BCUT2D eigenvalue weighted by Gasteiger charge is -2.07. The van der Waals surface area contributed by atoms with Gasteiger partial charge in [0, 0.05) is 0 Å². The number of thioether (sulfide) groups is 1. The molecule has 0 aliphatic rings. The number of aryl methyl sites for hydroxylation is 1. The monoisotopic (exact) mass is 289 g/mol. The highest BCUT2D eigenvalue weighted by molar-refractivity contribution is 7.98. The van der Waals surface area contributed by atoms with Crippen LogP contribution in [0.25, 0.3) is 0 Å². The second kappa shape index (κ2) is 6.91. The number of rotatable bonds is 4. The summed E-state index contributed by atoms with van der Waals surface area (Å²) in [5.74, 6) is 0.387. The van der Waals surface area contributed by atoms with Crippen molar-refractivity contribution < 1.29 is 9.53 Å². The zero-order valence-corrected chi connectivity index (χ0v) is 12.1. The molecule has 1 aromatic heterocycles. The topological polar surface area (TPSA) is 64.1 Å². The molecular formula is C14H15N3O2S. The molecule has 0 radical (unpaired) electrons. The van der Waals surface area contributed by atoms with Gasteiger partial charge in [0.15, 0.2) is 5.82 Å². The summed E-state index contributed by atoms with van der Waals surface area (Å²) in [7, 11) is 0. The fraction of sp³-hybridized carbons (Fsp3) is 0.214. The van der Waals surface area contributed by atoms with Crippen LogP contribution in [0.2, 0.25) is 0 Å². The molecule has 0 atom stereocenters. The Bertz CT molecular complexity index is 590. The molecule has 0 spiro atoms. The first-order chi connectivity index (χ1) is 9.69. The van der Waals surface area contributed by atoms with Gasteiger partial charge in [0.1, 0.15) is 11.6 Å². The van der Waals surface area contributed by atoms with Gasteiger partial charge in [-0.1, -0.05) is 30.3 Å². The molecule has 20 heavy (non-hydrogen) atoms. The Balaban J connectivity index is 1.90. The molecule has 5 nitrogen and oxygen atoms in total. The van der Waals surface area contributed by atoms with E-state index in [0.29, 0.717) is 5.82 Å². The smallest absolute Gasteiger partial charge is 0.413 e. The second-order valence-corrected chi connectivity index (χ2v) is 4.90. The Morgan fingerprint density at radius 2 is 2.05 bits per heavy atom. The lowest BCUT2D eigenvalue weighted by Crippen LogP contribution is -2.15. The Hall–Kier alpha value is -2.08. The molecule has 104 valence electrons. The maximum absolute atomic E-state index is 11.6. The minimum absolute atomic E-state index is 0.224. The first-order valence-corrected chi connectivity index (χ1v) is 7.27. The summed E-state index contributed by atoms with van der Waals surface area (Å²) >= 11 is 1.51. The largest absolute Gasteiger partial charge is 0.444 e. The third kappa shape index (κ3) is 3.96. The van der Waals surface area contributed by atoms with E-state index in [1.165, 1.54) is 11.8 Å². The van der Waals surface area contributed by atoms with Crippen LogP contribution in [0.4, 0.5) is 10.6 Å². The molecule has 1 amide bonds. The Kier molecular flexibility index (Phi) is 4.95. The van der Waals surface area contributed by atoms with E-state index in [-0.39, 0.29) is 6.61 Å². The van der Waals surface area contributed by atoms with Gasteiger partial charge in [-0.2, -0.15) is 0 Å². The van der Waals surface area contributed by atoms with Crippen molar-refractivity contribution >= 4 is 23.7 Å². The predicted molar refractivity (Wildman–Crippen MR) is 78.8 cm³/mol. The van der Waals surface area contributed by atoms with Crippen molar-refractivity contribution in [2.75, 3.05) is 11.6 Å². The van der Waals surface area contributed by atoms with Crippen LogP contribution < -0.4 is 5.32 Å². The summed E-state index contributed by atoms with van der Waals surface area (Å²) < 4.78 is 5.11. The van der Waals surface area contributed by atoms with Gasteiger partial charge in [0.2, 0.25) is 0 Å². The summed E-state index contributed by atoms with van der Waals surface area (Å²) in [5, 5.41) is 11.3. The van der Waals surface area contributed by atoms with Gasteiger partial charge in [-0.3, -0.25) is 5.32 Å². The molecule has 2 rings (SSSR count). The molecule has 0 aliphatic heterocycles. The molecule has 1 N–H and O–H groups in total. The minimum Gasteiger partial charge on any atom is -0.444 e. The molecule has 0 bridgehead atoms. The number of amides is 1. The van der Waals surface area contributed by atoms with Crippen molar-refractivity contribution in [2.45, 2.75) is 18.6 Å². The van der Waals surface area contributed by atoms with Crippen LogP contribution in [0.1, 0.15) is 11.1 Å². The van der Waals surface area contributed by atoms with E-state index in [1.54, 1.807) is 6.07 Å². The Labute approximate surface area is 121 Å². The Morgan fingerprint density at radius 1 is 1.30 bits per heavy atom. The number of hydrogen-bond acceptors (Lipinski definition) is 5. The van der Waals surface area contributed by atoms with Crippen LogP contribution in [0.3, 0.4) is 0 Å². The highest BCUT2D eigenvalue weighted by Gasteiger charge is 2.07. The predicted octanol–water partition coefficient (Wildman–Crippen LogP) is 3.26. The maximum Gasteiger partial charge on any atom is 0.413 e. The third-order valence-corrected chi connectivity index (χ3v) is 3.37. The summed E-state index contributed by atoms with van der Waals surface area (Å²) in [6, 6.07) is 11.3. The van der Waals surface area contributed by atoms with Crippen LogP contribution >= 0.6 is 11.8 Å². The zero-order valence-electron chi connectivity index (χ0n) is 11.3. The number of benzene rings is 1. The van der Waals surface area contributed by atoms with Crippen molar-refractivity contribution in [2.24, 2.45) is 0 Å². The number of carbonyl (C=O) groups excluding carboxylic acids is 1. The van der Waals surface area contributed by atoms with Gasteiger partial charge in [0.05, 0.1) is 0 Å². The molecule has 2 aromatic rings. The first-order valence-electron chi connectivity index (χ1n) is 6.05. The van der Waals surface area contributed by atoms with Crippen LogP contribution in [0, 0.1) is 6.92 Å². The normalized spacial score (nSPS) is 10.1. The average molecular weight is 289 g/mol. The molecule has 0 saturated carbocycles. The average Bonchev–Trinajstić information content (AvgIpc) is 2.46. The summed E-state index contributed by atoms with van der Waals surface area (Å²) in [5.41, 5.74) is 1.90. The molecule has 0 aliphatic carbocycles. The lowest BCUT2D eigenvalue weighted by atomic mass is 10.2. The van der Waals surface area contributed by atoms with Crippen molar-refractivity contribution in [1.29, 1.82) is 0 Å². The molecule has 0 fully saturated rings. The van der Waals surface area contributed by atoms with Gasteiger partial charge in [-0.05, 0) is 30.4 Å². The first kappa shape index (κ1) is 14.3. The van der Waals surface area contributed by atoms with Crippen molar-refractivity contribution in [3.63, 3.8) is 0 Å². The number of hydrogen-bond donors (Lipinski definition) is 1. The van der Waals surface area contributed by atoms with Crippen LogP contribution in [0.15, 0.2) is 41.4 Å². The van der Waals surface area contributed by atoms with E-state index >= 15 is 0 Å². The van der Waals surface area contributed by atoms with Crippen LogP contribution in [-0.4, -0.2) is 22.5 Å². The zero-order chi connectivity index (χ0) is 14.4. The van der Waals surface area contributed by atoms with E-state index in [2.05, 4.69) is 15.5 Å². The van der Waals surface area contributed by atoms with Gasteiger partial charge < -0.3 is 4.74 Å². The number of ether oxygens (including phenoxy) is 1. The lowest BCUT2D eigenvalue weighted by molar-refractivity contribution is 0.155. The van der Waals surface area contributed by atoms with E-state index in [1.807, 2.05) is 43.5 Å². The fourth-order valence-electron chi connectivity index (χ4n) is 1.60. The van der Waals surface area contributed by atoms with Gasteiger partial charge in [-0.15, -0.1) is 22.0 Å². The van der Waals surface area contributed by atoms with E-state index < -0.39 is 6.09 Å². The Morgan fingerprint density at radius 3 is 2.70 bits per heavy atom. The molecular weight excluding hydrogens is 274 g/mol. The van der Waals surface area contributed by atoms with E-state index in [4.69, 9.17) is 4.74 Å². The minimum atomic E-state index is -0.542. The second-order valence-electron chi connectivity index (χ2n) is 4.11. The fourth-order valence-corrected chi connectivity index (χ4v) is 2.10. The van der Waals surface area contributed by atoms with Crippen molar-refractivity contribution in [3.8, 4) is 0 Å². The third-order valence-electron chi connectivity index (χ3n) is 2.58. The quantitative estimate of drug-likeness (QED) is 0.875. The van der Waals surface area contributed by atoms with Crippen LogP contribution in [0.5, 0.6) is 0 Å². The summed E-state index contributed by atoms with van der Waals surface area (Å²) in [6.07, 6.45) is 1.39. The van der Waals surface area contributed by atoms with E-state index in [9.17, 15) is 4.79 Å². The molecule has 1 aromatic carbocycles. The molecule has 6 heteroatoms.